The van der Waals surface area contributed by atoms with E-state index >= 15 is 0 Å². The monoisotopic (exact) mass is 303 g/mol. The van der Waals surface area contributed by atoms with Crippen LogP contribution in [-0.4, -0.2) is 15.4 Å². The third-order valence-corrected chi connectivity index (χ3v) is 5.98. The molecule has 0 aliphatic heterocycles. The van der Waals surface area contributed by atoms with Gasteiger partial charge in [-0.15, -0.1) is 11.3 Å². The Bertz CT molecular complexity index is 588. The lowest BCUT2D eigenvalue weighted by Gasteiger charge is -2.26. The number of aromatic nitrogens is 2. The molecule has 4 heteroatoms. The van der Waals surface area contributed by atoms with Crippen molar-refractivity contribution in [3.63, 3.8) is 0 Å². The first-order valence-corrected chi connectivity index (χ1v) is 9.52. The number of anilines is 1. The van der Waals surface area contributed by atoms with Gasteiger partial charge in [0, 0.05) is 23.5 Å². The first kappa shape index (κ1) is 13.6. The van der Waals surface area contributed by atoms with Crippen molar-refractivity contribution in [1.29, 1.82) is 0 Å². The molecule has 0 amide bonds. The number of rotatable bonds is 3. The second-order valence-electron chi connectivity index (χ2n) is 6.72. The van der Waals surface area contributed by atoms with Crippen molar-refractivity contribution in [2.75, 3.05) is 5.32 Å². The third kappa shape index (κ3) is 2.70. The summed E-state index contributed by atoms with van der Waals surface area (Å²) in [5, 5.41) is 6.01. The fraction of sp³-hybridized carbons (Fsp3) is 0.706. The Morgan fingerprint density at radius 1 is 1.00 bits per heavy atom. The van der Waals surface area contributed by atoms with E-state index in [9.17, 15) is 0 Å². The normalized spacial score (nSPS) is 21.9. The summed E-state index contributed by atoms with van der Waals surface area (Å²) in [7, 11) is 0. The minimum Gasteiger partial charge on any atom is -0.367 e. The molecule has 0 bridgehead atoms. The van der Waals surface area contributed by atoms with Gasteiger partial charge in [0.25, 0.3) is 0 Å². The number of hydrogen-bond acceptors (Lipinski definition) is 3. The molecule has 0 aromatic carbocycles. The van der Waals surface area contributed by atoms with Crippen LogP contribution in [0.5, 0.6) is 0 Å². The number of fused-ring (bicyclic) bond motifs is 1. The van der Waals surface area contributed by atoms with Crippen LogP contribution in [0.25, 0.3) is 4.96 Å². The van der Waals surface area contributed by atoms with Gasteiger partial charge in [0.1, 0.15) is 5.82 Å². The van der Waals surface area contributed by atoms with Gasteiger partial charge in [-0.3, -0.25) is 4.40 Å². The van der Waals surface area contributed by atoms with Gasteiger partial charge in [0.15, 0.2) is 4.96 Å². The Morgan fingerprint density at radius 2 is 1.71 bits per heavy atom. The minimum absolute atomic E-state index is 0.654. The Labute approximate surface area is 130 Å². The molecule has 0 spiro atoms. The molecular formula is C17H25N3S. The number of nitrogens with zero attached hydrogens (tertiary/aromatic N) is 2. The second-order valence-corrected chi connectivity index (χ2v) is 7.59. The molecule has 0 saturated heterocycles. The summed E-state index contributed by atoms with van der Waals surface area (Å²) >= 11 is 1.76. The van der Waals surface area contributed by atoms with E-state index in [-0.39, 0.29) is 0 Å². The van der Waals surface area contributed by atoms with Gasteiger partial charge in [-0.2, -0.15) is 0 Å². The quantitative estimate of drug-likeness (QED) is 0.845. The molecule has 3 nitrogen and oxygen atoms in total. The lowest BCUT2D eigenvalue weighted by Crippen LogP contribution is -2.24. The van der Waals surface area contributed by atoms with Gasteiger partial charge in [-0.25, -0.2) is 4.98 Å². The van der Waals surface area contributed by atoms with Crippen molar-refractivity contribution in [1.82, 2.24) is 9.38 Å². The Kier molecular flexibility index (Phi) is 3.89. The zero-order valence-corrected chi connectivity index (χ0v) is 13.5. The van der Waals surface area contributed by atoms with Gasteiger partial charge in [0.05, 0.1) is 5.69 Å². The zero-order chi connectivity index (χ0) is 14.1. The molecule has 2 aliphatic carbocycles. The van der Waals surface area contributed by atoms with Gasteiger partial charge in [-0.05, 0) is 25.7 Å². The molecule has 2 aliphatic rings. The summed E-state index contributed by atoms with van der Waals surface area (Å²) in [6.07, 6.45) is 15.8. The molecule has 2 aromatic rings. The Morgan fingerprint density at radius 3 is 2.48 bits per heavy atom. The first-order valence-electron chi connectivity index (χ1n) is 8.64. The highest BCUT2D eigenvalue weighted by Crippen LogP contribution is 2.38. The van der Waals surface area contributed by atoms with Gasteiger partial charge in [0.2, 0.25) is 0 Å². The lowest BCUT2D eigenvalue weighted by molar-refractivity contribution is 0.435. The fourth-order valence-electron chi connectivity index (χ4n) is 4.05. The highest BCUT2D eigenvalue weighted by molar-refractivity contribution is 7.15. The van der Waals surface area contributed by atoms with Gasteiger partial charge >= 0.3 is 0 Å². The summed E-state index contributed by atoms with van der Waals surface area (Å²) < 4.78 is 2.29. The molecule has 1 N–H and O–H groups in total. The Hall–Kier alpha value is -1.03. The molecule has 2 heterocycles. The predicted molar refractivity (Wildman–Crippen MR) is 89.4 cm³/mol. The maximum atomic E-state index is 4.98. The molecule has 2 aromatic heterocycles. The molecular weight excluding hydrogens is 278 g/mol. The van der Waals surface area contributed by atoms with E-state index in [2.05, 4.69) is 21.3 Å². The van der Waals surface area contributed by atoms with E-state index < -0.39 is 0 Å². The largest absolute Gasteiger partial charge is 0.367 e. The number of nitrogens with one attached hydrogen (secondary N) is 1. The predicted octanol–water partition coefficient (Wildman–Crippen LogP) is 5.19. The SMILES string of the molecule is c1cn2c(NC3CCCCC3)c(C3CCCCC3)nc2s1. The number of imidazole rings is 1. The maximum absolute atomic E-state index is 4.98. The van der Waals surface area contributed by atoms with Crippen LogP contribution in [0, 0.1) is 0 Å². The smallest absolute Gasteiger partial charge is 0.195 e. The van der Waals surface area contributed by atoms with Crippen LogP contribution < -0.4 is 5.32 Å². The van der Waals surface area contributed by atoms with E-state index in [1.54, 1.807) is 11.3 Å². The lowest BCUT2D eigenvalue weighted by atomic mass is 9.86. The third-order valence-electron chi connectivity index (χ3n) is 5.23. The second kappa shape index (κ2) is 5.99. The molecule has 21 heavy (non-hydrogen) atoms. The van der Waals surface area contributed by atoms with E-state index in [1.165, 1.54) is 75.7 Å². The van der Waals surface area contributed by atoms with E-state index in [4.69, 9.17) is 4.98 Å². The van der Waals surface area contributed by atoms with Crippen molar-refractivity contribution >= 4 is 22.1 Å². The average Bonchev–Trinajstić information content (AvgIpc) is 3.12. The van der Waals surface area contributed by atoms with E-state index in [1.807, 2.05) is 0 Å². The van der Waals surface area contributed by atoms with Crippen molar-refractivity contribution in [3.8, 4) is 0 Å². The molecule has 0 atom stereocenters. The summed E-state index contributed by atoms with van der Waals surface area (Å²) in [4.78, 5) is 6.14. The summed E-state index contributed by atoms with van der Waals surface area (Å²) in [5.74, 6) is 1.99. The van der Waals surface area contributed by atoms with Crippen LogP contribution in [-0.2, 0) is 0 Å². The van der Waals surface area contributed by atoms with E-state index in [0.717, 1.165) is 4.96 Å². The van der Waals surface area contributed by atoms with Crippen LogP contribution in [0.3, 0.4) is 0 Å². The Balaban J connectivity index is 1.64. The molecule has 0 unspecified atom stereocenters. The van der Waals surface area contributed by atoms with E-state index in [0.29, 0.717) is 12.0 Å². The van der Waals surface area contributed by atoms with Gasteiger partial charge < -0.3 is 5.32 Å². The summed E-state index contributed by atoms with van der Waals surface area (Å²) in [6.45, 7) is 0. The van der Waals surface area contributed by atoms with Crippen LogP contribution >= 0.6 is 11.3 Å². The van der Waals surface area contributed by atoms with Crippen LogP contribution in [0.15, 0.2) is 11.6 Å². The molecule has 0 radical (unpaired) electrons. The van der Waals surface area contributed by atoms with Crippen LogP contribution in [0.2, 0.25) is 0 Å². The molecule has 114 valence electrons. The maximum Gasteiger partial charge on any atom is 0.195 e. The first-order chi connectivity index (χ1) is 10.4. The van der Waals surface area contributed by atoms with Crippen LogP contribution in [0.1, 0.15) is 75.8 Å². The minimum atomic E-state index is 0.654. The average molecular weight is 303 g/mol. The zero-order valence-electron chi connectivity index (χ0n) is 12.7. The topological polar surface area (TPSA) is 29.3 Å². The fourth-order valence-corrected chi connectivity index (χ4v) is 4.77. The highest BCUT2D eigenvalue weighted by Gasteiger charge is 2.25. The number of thiazole rings is 1. The molecule has 2 fully saturated rings. The van der Waals surface area contributed by atoms with Gasteiger partial charge in [-0.1, -0.05) is 38.5 Å². The van der Waals surface area contributed by atoms with Crippen molar-refractivity contribution in [2.24, 2.45) is 0 Å². The number of hydrogen-bond donors (Lipinski definition) is 1. The summed E-state index contributed by atoms with van der Waals surface area (Å²) in [5.41, 5.74) is 1.35. The molecule has 2 saturated carbocycles. The van der Waals surface area contributed by atoms with Crippen LogP contribution in [0.4, 0.5) is 5.82 Å². The summed E-state index contributed by atoms with van der Waals surface area (Å²) in [6, 6.07) is 0.654. The standard InChI is InChI=1S/C17H25N3S/c1-3-7-13(8-4-1)15-16(18-14-9-5-2-6-10-14)20-11-12-21-17(20)19-15/h11-14,18H,1-10H2. The highest BCUT2D eigenvalue weighted by atomic mass is 32.1. The van der Waals surface area contributed by atoms with Crippen molar-refractivity contribution < 1.29 is 0 Å². The molecule has 4 rings (SSSR count). The van der Waals surface area contributed by atoms with Crippen molar-refractivity contribution in [2.45, 2.75) is 76.2 Å². The van der Waals surface area contributed by atoms with Crippen molar-refractivity contribution in [3.05, 3.63) is 17.3 Å².